The number of likely N-dealkylation sites (tertiary alicyclic amines) is 1. The van der Waals surface area contributed by atoms with Gasteiger partial charge in [-0.15, -0.1) is 0 Å². The number of hydrogen-bond donors (Lipinski definition) is 1. The minimum absolute atomic E-state index is 0.229. The molecule has 118 valence electrons. The maximum Gasteiger partial charge on any atom is 0.161 e. The monoisotopic (exact) mass is 291 g/mol. The lowest BCUT2D eigenvalue weighted by Crippen LogP contribution is -2.37. The van der Waals surface area contributed by atoms with Gasteiger partial charge in [0.1, 0.15) is 0 Å². The third kappa shape index (κ3) is 4.37. The van der Waals surface area contributed by atoms with Gasteiger partial charge in [-0.1, -0.05) is 26.8 Å². The maximum absolute atomic E-state index is 9.76. The van der Waals surface area contributed by atoms with Gasteiger partial charge in [0.25, 0.3) is 0 Å². The van der Waals surface area contributed by atoms with Crippen LogP contribution in [-0.4, -0.2) is 29.7 Å². The van der Waals surface area contributed by atoms with Crippen LogP contribution in [0.2, 0.25) is 0 Å². The largest absolute Gasteiger partial charge is 0.504 e. The van der Waals surface area contributed by atoms with Crippen LogP contribution in [-0.2, 0) is 6.54 Å². The Kier molecular flexibility index (Phi) is 5.15. The first-order chi connectivity index (χ1) is 9.90. The third-order valence-electron chi connectivity index (χ3n) is 4.54. The van der Waals surface area contributed by atoms with E-state index in [1.165, 1.54) is 18.4 Å². The van der Waals surface area contributed by atoms with Crippen molar-refractivity contribution in [2.24, 2.45) is 11.3 Å². The van der Waals surface area contributed by atoms with Gasteiger partial charge in [-0.3, -0.25) is 4.90 Å². The Morgan fingerprint density at radius 2 is 1.90 bits per heavy atom. The van der Waals surface area contributed by atoms with Gasteiger partial charge in [0.2, 0.25) is 0 Å². The van der Waals surface area contributed by atoms with Crippen LogP contribution in [0.15, 0.2) is 18.2 Å². The molecule has 1 aliphatic rings. The summed E-state index contributed by atoms with van der Waals surface area (Å²) < 4.78 is 5.46. The molecule has 0 amide bonds. The first-order valence-corrected chi connectivity index (χ1v) is 8.07. The smallest absolute Gasteiger partial charge is 0.161 e. The zero-order chi connectivity index (χ0) is 15.5. The highest BCUT2D eigenvalue weighted by atomic mass is 16.5. The van der Waals surface area contributed by atoms with E-state index in [2.05, 4.69) is 25.7 Å². The number of nitrogens with zero attached hydrogens (tertiary/aromatic N) is 1. The number of ether oxygens (including phenoxy) is 1. The Morgan fingerprint density at radius 3 is 2.48 bits per heavy atom. The van der Waals surface area contributed by atoms with Gasteiger partial charge < -0.3 is 9.84 Å². The predicted octanol–water partition coefficient (Wildman–Crippen LogP) is 4.05. The van der Waals surface area contributed by atoms with E-state index in [1.807, 2.05) is 19.1 Å². The zero-order valence-electron chi connectivity index (χ0n) is 13.9. The second-order valence-electron chi connectivity index (χ2n) is 7.15. The minimum Gasteiger partial charge on any atom is -0.504 e. The number of phenolic OH excluding ortho intramolecular Hbond substituents is 1. The molecule has 0 atom stereocenters. The number of piperidine rings is 1. The molecule has 1 aromatic carbocycles. The molecule has 1 heterocycles. The van der Waals surface area contributed by atoms with Crippen molar-refractivity contribution in [1.29, 1.82) is 0 Å². The van der Waals surface area contributed by atoms with Crippen LogP contribution in [0.3, 0.4) is 0 Å². The average Bonchev–Trinajstić information content (AvgIpc) is 2.42. The van der Waals surface area contributed by atoms with Crippen LogP contribution in [0.4, 0.5) is 0 Å². The summed E-state index contributed by atoms with van der Waals surface area (Å²) in [6, 6.07) is 5.70. The van der Waals surface area contributed by atoms with Gasteiger partial charge in [0.05, 0.1) is 6.61 Å². The number of rotatable bonds is 4. The van der Waals surface area contributed by atoms with E-state index in [0.717, 1.165) is 25.6 Å². The van der Waals surface area contributed by atoms with Crippen LogP contribution in [0.5, 0.6) is 11.5 Å². The topological polar surface area (TPSA) is 32.7 Å². The molecule has 2 rings (SSSR count). The van der Waals surface area contributed by atoms with Crippen molar-refractivity contribution in [3.8, 4) is 11.5 Å². The molecule has 1 aromatic rings. The van der Waals surface area contributed by atoms with Gasteiger partial charge in [0.15, 0.2) is 11.5 Å². The number of hydrogen-bond acceptors (Lipinski definition) is 3. The van der Waals surface area contributed by atoms with Gasteiger partial charge in [-0.25, -0.2) is 0 Å². The zero-order valence-corrected chi connectivity index (χ0v) is 13.9. The molecule has 3 nitrogen and oxygen atoms in total. The first-order valence-electron chi connectivity index (χ1n) is 8.07. The molecule has 0 radical (unpaired) electrons. The lowest BCUT2D eigenvalue weighted by molar-refractivity contribution is 0.108. The van der Waals surface area contributed by atoms with E-state index in [9.17, 15) is 5.11 Å². The summed E-state index contributed by atoms with van der Waals surface area (Å²) >= 11 is 0. The minimum atomic E-state index is 0.229. The molecule has 0 unspecified atom stereocenters. The lowest BCUT2D eigenvalue weighted by Gasteiger charge is -2.38. The summed E-state index contributed by atoms with van der Waals surface area (Å²) in [6.07, 6.45) is 2.56. The van der Waals surface area contributed by atoms with Gasteiger partial charge in [-0.05, 0) is 61.9 Å². The lowest BCUT2D eigenvalue weighted by atomic mass is 9.75. The van der Waals surface area contributed by atoms with E-state index in [1.54, 1.807) is 6.07 Å². The van der Waals surface area contributed by atoms with Crippen LogP contribution in [0.25, 0.3) is 0 Å². The van der Waals surface area contributed by atoms with E-state index in [0.29, 0.717) is 17.8 Å². The fourth-order valence-electron chi connectivity index (χ4n) is 3.14. The second kappa shape index (κ2) is 6.69. The molecular formula is C18H29NO2. The highest BCUT2D eigenvalue weighted by Crippen LogP contribution is 2.35. The standard InChI is InChI=1S/C18H29NO2/c1-5-21-17-12-14(6-7-16(17)20)13-19-10-8-15(9-11-19)18(2,3)4/h6-7,12,15,20H,5,8-11,13H2,1-4H3. The first kappa shape index (κ1) is 16.2. The Morgan fingerprint density at radius 1 is 1.24 bits per heavy atom. The second-order valence-corrected chi connectivity index (χ2v) is 7.15. The molecule has 0 aromatic heterocycles. The molecule has 1 saturated heterocycles. The SMILES string of the molecule is CCOc1cc(CN2CCC(C(C)(C)C)CC2)ccc1O. The van der Waals surface area contributed by atoms with E-state index >= 15 is 0 Å². The molecule has 0 aliphatic carbocycles. The van der Waals surface area contributed by atoms with Crippen molar-refractivity contribution in [2.45, 2.75) is 47.1 Å². The summed E-state index contributed by atoms with van der Waals surface area (Å²) in [6.45, 7) is 12.8. The molecule has 0 saturated carbocycles. The van der Waals surface area contributed by atoms with Crippen molar-refractivity contribution in [3.05, 3.63) is 23.8 Å². The van der Waals surface area contributed by atoms with E-state index < -0.39 is 0 Å². The molecule has 1 fully saturated rings. The van der Waals surface area contributed by atoms with E-state index in [4.69, 9.17) is 4.74 Å². The molecule has 0 spiro atoms. The third-order valence-corrected chi connectivity index (χ3v) is 4.54. The highest BCUT2D eigenvalue weighted by Gasteiger charge is 2.28. The van der Waals surface area contributed by atoms with Crippen LogP contribution >= 0.6 is 0 Å². The maximum atomic E-state index is 9.76. The average molecular weight is 291 g/mol. The molecule has 0 bridgehead atoms. The van der Waals surface area contributed by atoms with Crippen molar-refractivity contribution >= 4 is 0 Å². The summed E-state index contributed by atoms with van der Waals surface area (Å²) in [4.78, 5) is 2.50. The Labute approximate surface area is 128 Å². The Balaban J connectivity index is 1.93. The molecule has 1 N–H and O–H groups in total. The number of phenols is 1. The van der Waals surface area contributed by atoms with Gasteiger partial charge in [-0.2, -0.15) is 0 Å². The normalized spacial score (nSPS) is 17.9. The van der Waals surface area contributed by atoms with Crippen LogP contribution < -0.4 is 4.74 Å². The fourth-order valence-corrected chi connectivity index (χ4v) is 3.14. The van der Waals surface area contributed by atoms with Crippen molar-refractivity contribution in [3.63, 3.8) is 0 Å². The molecule has 3 heteroatoms. The quantitative estimate of drug-likeness (QED) is 0.908. The molecule has 21 heavy (non-hydrogen) atoms. The molecular weight excluding hydrogens is 262 g/mol. The van der Waals surface area contributed by atoms with Crippen LogP contribution in [0.1, 0.15) is 46.1 Å². The predicted molar refractivity (Wildman–Crippen MR) is 86.7 cm³/mol. The van der Waals surface area contributed by atoms with E-state index in [-0.39, 0.29) is 5.75 Å². The summed E-state index contributed by atoms with van der Waals surface area (Å²) in [5.74, 6) is 1.65. The molecule has 1 aliphatic heterocycles. The summed E-state index contributed by atoms with van der Waals surface area (Å²) in [5.41, 5.74) is 1.64. The van der Waals surface area contributed by atoms with Crippen molar-refractivity contribution in [2.75, 3.05) is 19.7 Å². The summed E-state index contributed by atoms with van der Waals surface area (Å²) in [7, 11) is 0. The van der Waals surface area contributed by atoms with Crippen LogP contribution in [0, 0.1) is 11.3 Å². The van der Waals surface area contributed by atoms with Crippen molar-refractivity contribution in [1.82, 2.24) is 4.90 Å². The van der Waals surface area contributed by atoms with Gasteiger partial charge >= 0.3 is 0 Å². The Bertz CT molecular complexity index is 457. The Hall–Kier alpha value is -1.22. The van der Waals surface area contributed by atoms with Crippen molar-refractivity contribution < 1.29 is 9.84 Å². The fraction of sp³-hybridized carbons (Fsp3) is 0.667. The highest BCUT2D eigenvalue weighted by molar-refractivity contribution is 5.41. The summed E-state index contributed by atoms with van der Waals surface area (Å²) in [5, 5.41) is 9.76. The number of benzene rings is 1. The van der Waals surface area contributed by atoms with Gasteiger partial charge in [0, 0.05) is 6.54 Å². The number of aromatic hydroxyl groups is 1.